The highest BCUT2D eigenvalue weighted by Crippen LogP contribution is 2.22. The molecule has 0 saturated heterocycles. The summed E-state index contributed by atoms with van der Waals surface area (Å²) in [5.74, 6) is 0. The minimum absolute atomic E-state index is 0.0625. The van der Waals surface area contributed by atoms with Crippen LogP contribution in [0.2, 0.25) is 5.02 Å². The Kier molecular flexibility index (Phi) is 5.30. The predicted molar refractivity (Wildman–Crippen MR) is 82.5 cm³/mol. The van der Waals surface area contributed by atoms with Crippen LogP contribution in [-0.2, 0) is 23.0 Å². The number of hydrogen-bond acceptors (Lipinski definition) is 4. The zero-order chi connectivity index (χ0) is 15.3. The molecule has 0 aliphatic rings. The molecule has 0 unspecified atom stereocenters. The summed E-state index contributed by atoms with van der Waals surface area (Å²) in [4.78, 5) is 4.04. The molecule has 5 nitrogen and oxygen atoms in total. The highest BCUT2D eigenvalue weighted by atomic mass is 35.5. The van der Waals surface area contributed by atoms with Gasteiger partial charge in [-0.1, -0.05) is 23.7 Å². The third-order valence-electron chi connectivity index (χ3n) is 2.95. The summed E-state index contributed by atoms with van der Waals surface area (Å²) in [6.07, 6.45) is 3.94. The molecule has 1 aromatic heterocycles. The van der Waals surface area contributed by atoms with E-state index in [1.165, 1.54) is 6.07 Å². The van der Waals surface area contributed by atoms with Crippen molar-refractivity contribution in [2.75, 3.05) is 6.54 Å². The van der Waals surface area contributed by atoms with Crippen molar-refractivity contribution in [2.45, 2.75) is 17.9 Å². The van der Waals surface area contributed by atoms with Gasteiger partial charge in [0.1, 0.15) is 4.90 Å². The lowest BCUT2D eigenvalue weighted by atomic mass is 10.2. The Balaban J connectivity index is 2.05. The van der Waals surface area contributed by atoms with Gasteiger partial charge in [-0.3, -0.25) is 4.98 Å². The Morgan fingerprint density at radius 1 is 1.24 bits per heavy atom. The molecule has 2 rings (SSSR count). The van der Waals surface area contributed by atoms with Gasteiger partial charge in [0, 0.05) is 25.5 Å². The van der Waals surface area contributed by atoms with Crippen molar-refractivity contribution in [1.82, 2.24) is 9.71 Å². The van der Waals surface area contributed by atoms with Gasteiger partial charge in [-0.2, -0.15) is 0 Å². The Morgan fingerprint density at radius 3 is 2.67 bits per heavy atom. The van der Waals surface area contributed by atoms with E-state index < -0.39 is 10.0 Å². The van der Waals surface area contributed by atoms with Crippen molar-refractivity contribution in [3.8, 4) is 0 Å². The van der Waals surface area contributed by atoms with Gasteiger partial charge in [-0.15, -0.1) is 0 Å². The summed E-state index contributed by atoms with van der Waals surface area (Å²) >= 11 is 6.00. The number of rotatable bonds is 6. The molecule has 7 heteroatoms. The quantitative estimate of drug-likeness (QED) is 0.846. The maximum Gasteiger partial charge on any atom is 0.242 e. The number of halogens is 1. The van der Waals surface area contributed by atoms with Crippen molar-refractivity contribution in [3.63, 3.8) is 0 Å². The lowest BCUT2D eigenvalue weighted by Crippen LogP contribution is -2.26. The molecule has 0 aliphatic heterocycles. The van der Waals surface area contributed by atoms with Crippen LogP contribution < -0.4 is 10.5 Å². The molecule has 112 valence electrons. The molecule has 2 aromatic rings. The highest BCUT2D eigenvalue weighted by Gasteiger charge is 2.17. The van der Waals surface area contributed by atoms with E-state index in [0.717, 1.165) is 11.1 Å². The minimum atomic E-state index is -3.63. The van der Waals surface area contributed by atoms with E-state index in [1.807, 2.05) is 12.1 Å². The van der Waals surface area contributed by atoms with Crippen LogP contribution >= 0.6 is 11.6 Å². The fourth-order valence-corrected chi connectivity index (χ4v) is 3.44. The molecule has 0 spiro atoms. The average Bonchev–Trinajstić information content (AvgIpc) is 2.47. The Hall–Kier alpha value is -1.47. The van der Waals surface area contributed by atoms with E-state index in [-0.39, 0.29) is 16.5 Å². The maximum absolute atomic E-state index is 12.2. The first-order valence-corrected chi connectivity index (χ1v) is 8.26. The molecule has 1 heterocycles. The predicted octanol–water partition coefficient (Wildman–Crippen LogP) is 1.71. The highest BCUT2D eigenvalue weighted by molar-refractivity contribution is 7.89. The lowest BCUT2D eigenvalue weighted by molar-refractivity contribution is 0.581. The summed E-state index contributed by atoms with van der Waals surface area (Å²) in [6.45, 7) is 0.595. The van der Waals surface area contributed by atoms with Gasteiger partial charge in [-0.05, 0) is 35.7 Å². The molecule has 0 aliphatic carbocycles. The molecule has 1 aromatic carbocycles. The van der Waals surface area contributed by atoms with Gasteiger partial charge < -0.3 is 5.73 Å². The molecule has 0 radical (unpaired) electrons. The summed E-state index contributed by atoms with van der Waals surface area (Å²) in [5.41, 5.74) is 7.24. The molecular weight excluding hydrogens is 310 g/mol. The summed E-state index contributed by atoms with van der Waals surface area (Å²) < 4.78 is 26.9. The first kappa shape index (κ1) is 15.9. The van der Waals surface area contributed by atoms with Gasteiger partial charge in [0.25, 0.3) is 0 Å². The topological polar surface area (TPSA) is 85.1 Å². The van der Waals surface area contributed by atoms with E-state index in [2.05, 4.69) is 9.71 Å². The fraction of sp³-hybridized carbons (Fsp3) is 0.214. The molecule has 0 bridgehead atoms. The second-order valence-electron chi connectivity index (χ2n) is 4.48. The summed E-state index contributed by atoms with van der Waals surface area (Å²) in [5, 5.41) is 0.173. The number of nitrogens with two attached hydrogens (primary N) is 1. The summed E-state index contributed by atoms with van der Waals surface area (Å²) in [6, 6.07) is 8.40. The molecular formula is C14H16ClN3O2S. The van der Waals surface area contributed by atoms with Crippen molar-refractivity contribution in [1.29, 1.82) is 0 Å². The van der Waals surface area contributed by atoms with Crippen LogP contribution in [-0.4, -0.2) is 19.9 Å². The Morgan fingerprint density at radius 2 is 2.05 bits per heavy atom. The van der Waals surface area contributed by atoms with Gasteiger partial charge in [0.2, 0.25) is 10.0 Å². The number of benzene rings is 1. The number of pyridine rings is 1. The van der Waals surface area contributed by atoms with Crippen LogP contribution in [0, 0.1) is 0 Å². The molecule has 0 fully saturated rings. The first-order valence-electron chi connectivity index (χ1n) is 6.40. The Bertz CT molecular complexity index is 705. The van der Waals surface area contributed by atoms with E-state index >= 15 is 0 Å². The second kappa shape index (κ2) is 7.00. The third kappa shape index (κ3) is 4.25. The van der Waals surface area contributed by atoms with Gasteiger partial charge in [0.05, 0.1) is 5.02 Å². The van der Waals surface area contributed by atoms with Crippen LogP contribution in [0.5, 0.6) is 0 Å². The van der Waals surface area contributed by atoms with Gasteiger partial charge >= 0.3 is 0 Å². The van der Waals surface area contributed by atoms with Crippen molar-refractivity contribution in [3.05, 3.63) is 58.9 Å². The Labute approximate surface area is 129 Å². The zero-order valence-corrected chi connectivity index (χ0v) is 12.9. The minimum Gasteiger partial charge on any atom is -0.326 e. The molecule has 0 saturated carbocycles. The van der Waals surface area contributed by atoms with E-state index in [4.69, 9.17) is 17.3 Å². The first-order chi connectivity index (χ1) is 10.0. The molecule has 0 atom stereocenters. The number of aromatic nitrogens is 1. The third-order valence-corrected chi connectivity index (χ3v) is 4.89. The monoisotopic (exact) mass is 325 g/mol. The van der Waals surface area contributed by atoms with Crippen LogP contribution in [0.25, 0.3) is 0 Å². The molecule has 0 amide bonds. The van der Waals surface area contributed by atoms with E-state index in [1.54, 1.807) is 24.5 Å². The molecule has 21 heavy (non-hydrogen) atoms. The number of nitrogens with one attached hydrogen (secondary N) is 1. The smallest absolute Gasteiger partial charge is 0.242 e. The zero-order valence-electron chi connectivity index (χ0n) is 11.3. The number of nitrogens with zero attached hydrogens (tertiary/aromatic N) is 1. The van der Waals surface area contributed by atoms with Crippen LogP contribution in [0.15, 0.2) is 47.6 Å². The fourth-order valence-electron chi connectivity index (χ4n) is 1.84. The molecule has 3 N–H and O–H groups in total. The summed E-state index contributed by atoms with van der Waals surface area (Å²) in [7, 11) is -3.63. The number of sulfonamides is 1. The van der Waals surface area contributed by atoms with Crippen LogP contribution in [0.3, 0.4) is 0 Å². The van der Waals surface area contributed by atoms with E-state index in [9.17, 15) is 8.42 Å². The normalized spacial score (nSPS) is 11.5. The van der Waals surface area contributed by atoms with Gasteiger partial charge in [0.15, 0.2) is 0 Å². The average molecular weight is 326 g/mol. The standard InChI is InChI=1S/C14H16ClN3O2S/c15-13-8-12(9-16)3-4-14(13)21(19,20)18-7-5-11-2-1-6-17-10-11/h1-4,6,8,10,18H,5,7,9,16H2. The van der Waals surface area contributed by atoms with E-state index in [0.29, 0.717) is 13.0 Å². The van der Waals surface area contributed by atoms with Crippen molar-refractivity contribution < 1.29 is 8.42 Å². The maximum atomic E-state index is 12.2. The van der Waals surface area contributed by atoms with Crippen molar-refractivity contribution in [2.24, 2.45) is 5.73 Å². The van der Waals surface area contributed by atoms with Crippen LogP contribution in [0.1, 0.15) is 11.1 Å². The van der Waals surface area contributed by atoms with Gasteiger partial charge in [-0.25, -0.2) is 13.1 Å². The largest absolute Gasteiger partial charge is 0.326 e. The van der Waals surface area contributed by atoms with Crippen molar-refractivity contribution >= 4 is 21.6 Å². The lowest BCUT2D eigenvalue weighted by Gasteiger charge is -2.09. The van der Waals surface area contributed by atoms with Crippen LogP contribution in [0.4, 0.5) is 0 Å². The number of hydrogen-bond donors (Lipinski definition) is 2. The second-order valence-corrected chi connectivity index (χ2v) is 6.62. The SMILES string of the molecule is NCc1ccc(S(=O)(=O)NCCc2cccnc2)c(Cl)c1.